The van der Waals surface area contributed by atoms with E-state index in [1.165, 1.54) is 0 Å². The topological polar surface area (TPSA) is 52.3 Å². The van der Waals surface area contributed by atoms with Crippen molar-refractivity contribution in [3.05, 3.63) is 35.4 Å². The molecule has 0 saturated heterocycles. The zero-order valence-corrected chi connectivity index (χ0v) is 10.1. The molecular weight excluding hydrogens is 202 g/mol. The molecule has 0 saturated carbocycles. The summed E-state index contributed by atoms with van der Waals surface area (Å²) in [5.41, 5.74) is 6.57. The summed E-state index contributed by atoms with van der Waals surface area (Å²) in [6.45, 7) is 4.27. The van der Waals surface area contributed by atoms with Crippen molar-refractivity contribution >= 4 is 5.78 Å². The Morgan fingerprint density at radius 3 is 2.56 bits per heavy atom. The molecule has 0 radical (unpaired) electrons. The van der Waals surface area contributed by atoms with Gasteiger partial charge in [0.05, 0.1) is 5.60 Å². The first kappa shape index (κ1) is 12.9. The average Bonchev–Trinajstić information content (AvgIpc) is 2.29. The van der Waals surface area contributed by atoms with E-state index in [2.05, 4.69) is 0 Å². The first-order valence-corrected chi connectivity index (χ1v) is 5.41. The van der Waals surface area contributed by atoms with Crippen LogP contribution in [-0.2, 0) is 10.3 Å². The lowest BCUT2D eigenvalue weighted by atomic mass is 9.90. The SMILES string of the molecule is COC(C)(C)c1ccccc1C(=O)CCN. The summed E-state index contributed by atoms with van der Waals surface area (Å²) in [5.74, 6) is 0.0724. The number of hydrogen-bond acceptors (Lipinski definition) is 3. The van der Waals surface area contributed by atoms with E-state index in [1.807, 2.05) is 38.1 Å². The van der Waals surface area contributed by atoms with Gasteiger partial charge in [-0.2, -0.15) is 0 Å². The molecular formula is C13H19NO2. The maximum atomic E-state index is 11.9. The van der Waals surface area contributed by atoms with Crippen molar-refractivity contribution in [2.45, 2.75) is 25.9 Å². The van der Waals surface area contributed by atoms with E-state index >= 15 is 0 Å². The summed E-state index contributed by atoms with van der Waals surface area (Å²) in [7, 11) is 1.64. The second kappa shape index (κ2) is 5.23. The van der Waals surface area contributed by atoms with E-state index in [0.717, 1.165) is 5.56 Å². The van der Waals surface area contributed by atoms with Gasteiger partial charge < -0.3 is 10.5 Å². The van der Waals surface area contributed by atoms with E-state index in [4.69, 9.17) is 10.5 Å². The predicted molar refractivity (Wildman–Crippen MR) is 64.5 cm³/mol. The smallest absolute Gasteiger partial charge is 0.164 e. The lowest BCUT2D eigenvalue weighted by Crippen LogP contribution is -2.23. The monoisotopic (exact) mass is 221 g/mol. The van der Waals surface area contributed by atoms with Crippen LogP contribution in [0.4, 0.5) is 0 Å². The van der Waals surface area contributed by atoms with Crippen LogP contribution in [0.15, 0.2) is 24.3 Å². The number of hydrogen-bond donors (Lipinski definition) is 1. The number of ketones is 1. The predicted octanol–water partition coefficient (Wildman–Crippen LogP) is 2.10. The second-order valence-corrected chi connectivity index (χ2v) is 4.22. The van der Waals surface area contributed by atoms with E-state index in [-0.39, 0.29) is 5.78 Å². The molecule has 3 nitrogen and oxygen atoms in total. The number of methoxy groups -OCH3 is 1. The average molecular weight is 221 g/mol. The van der Waals surface area contributed by atoms with Crippen molar-refractivity contribution in [3.8, 4) is 0 Å². The van der Waals surface area contributed by atoms with Gasteiger partial charge in [-0.3, -0.25) is 4.79 Å². The first-order valence-electron chi connectivity index (χ1n) is 5.41. The third-order valence-electron chi connectivity index (χ3n) is 2.76. The fourth-order valence-corrected chi connectivity index (χ4v) is 1.63. The second-order valence-electron chi connectivity index (χ2n) is 4.22. The van der Waals surface area contributed by atoms with Gasteiger partial charge >= 0.3 is 0 Å². The summed E-state index contributed by atoms with van der Waals surface area (Å²) in [4.78, 5) is 11.9. The molecule has 1 rings (SSSR count). The van der Waals surface area contributed by atoms with E-state index in [0.29, 0.717) is 18.5 Å². The first-order chi connectivity index (χ1) is 7.53. The Hall–Kier alpha value is -1.19. The molecule has 0 aromatic heterocycles. The van der Waals surface area contributed by atoms with Gasteiger partial charge in [0.25, 0.3) is 0 Å². The molecule has 0 aliphatic carbocycles. The summed E-state index contributed by atoms with van der Waals surface area (Å²) < 4.78 is 5.41. The number of benzene rings is 1. The highest BCUT2D eigenvalue weighted by atomic mass is 16.5. The summed E-state index contributed by atoms with van der Waals surface area (Å²) in [5, 5.41) is 0. The van der Waals surface area contributed by atoms with Crippen LogP contribution in [0.3, 0.4) is 0 Å². The van der Waals surface area contributed by atoms with E-state index < -0.39 is 5.60 Å². The van der Waals surface area contributed by atoms with Gasteiger partial charge in [-0.25, -0.2) is 0 Å². The van der Waals surface area contributed by atoms with E-state index in [9.17, 15) is 4.79 Å². The van der Waals surface area contributed by atoms with Crippen molar-refractivity contribution in [2.75, 3.05) is 13.7 Å². The van der Waals surface area contributed by atoms with Crippen molar-refractivity contribution in [3.63, 3.8) is 0 Å². The molecule has 0 atom stereocenters. The summed E-state index contributed by atoms with van der Waals surface area (Å²) in [6.07, 6.45) is 0.372. The van der Waals surface area contributed by atoms with Gasteiger partial charge in [0.15, 0.2) is 5.78 Å². The van der Waals surface area contributed by atoms with Gasteiger partial charge in [-0.05, 0) is 26.0 Å². The summed E-state index contributed by atoms with van der Waals surface area (Å²) in [6, 6.07) is 7.52. The fraction of sp³-hybridized carbons (Fsp3) is 0.462. The normalized spacial score (nSPS) is 11.5. The van der Waals surface area contributed by atoms with Crippen molar-refractivity contribution < 1.29 is 9.53 Å². The minimum absolute atomic E-state index is 0.0724. The maximum absolute atomic E-state index is 11.9. The number of carbonyl (C=O) groups is 1. The Kier molecular flexibility index (Phi) is 4.21. The van der Waals surface area contributed by atoms with Gasteiger partial charge in [-0.1, -0.05) is 24.3 Å². The molecule has 0 amide bonds. The molecule has 0 heterocycles. The number of rotatable bonds is 5. The van der Waals surface area contributed by atoms with Crippen LogP contribution in [0.25, 0.3) is 0 Å². The highest BCUT2D eigenvalue weighted by molar-refractivity contribution is 5.97. The molecule has 1 aromatic rings. The Morgan fingerprint density at radius 2 is 2.00 bits per heavy atom. The van der Waals surface area contributed by atoms with Gasteiger partial charge in [0.2, 0.25) is 0 Å². The molecule has 0 fully saturated rings. The number of ether oxygens (including phenoxy) is 1. The minimum atomic E-state index is -0.457. The lowest BCUT2D eigenvalue weighted by molar-refractivity contribution is 0.0184. The Morgan fingerprint density at radius 1 is 1.38 bits per heavy atom. The van der Waals surface area contributed by atoms with Crippen LogP contribution in [-0.4, -0.2) is 19.4 Å². The van der Waals surface area contributed by atoms with Crippen molar-refractivity contribution in [1.82, 2.24) is 0 Å². The molecule has 0 spiro atoms. The van der Waals surface area contributed by atoms with Crippen LogP contribution in [0.1, 0.15) is 36.2 Å². The van der Waals surface area contributed by atoms with Gasteiger partial charge in [0.1, 0.15) is 0 Å². The Bertz CT molecular complexity index is 372. The molecule has 88 valence electrons. The van der Waals surface area contributed by atoms with Crippen LogP contribution < -0.4 is 5.73 Å². The zero-order valence-electron chi connectivity index (χ0n) is 10.1. The van der Waals surface area contributed by atoms with Crippen LogP contribution >= 0.6 is 0 Å². The lowest BCUT2D eigenvalue weighted by Gasteiger charge is -2.25. The third kappa shape index (κ3) is 2.68. The van der Waals surface area contributed by atoms with E-state index in [1.54, 1.807) is 7.11 Å². The standard InChI is InChI=1S/C13H19NO2/c1-13(2,16-3)11-7-5-4-6-10(11)12(15)8-9-14/h4-7H,8-9,14H2,1-3H3. The molecule has 2 N–H and O–H groups in total. The van der Waals surface area contributed by atoms with Gasteiger partial charge in [-0.15, -0.1) is 0 Å². The third-order valence-corrected chi connectivity index (χ3v) is 2.76. The highest BCUT2D eigenvalue weighted by Gasteiger charge is 2.24. The van der Waals surface area contributed by atoms with Crippen LogP contribution in [0.2, 0.25) is 0 Å². The maximum Gasteiger partial charge on any atom is 0.164 e. The molecule has 1 aromatic carbocycles. The zero-order chi connectivity index (χ0) is 12.2. The quantitative estimate of drug-likeness (QED) is 0.775. The minimum Gasteiger partial charge on any atom is -0.374 e. The molecule has 0 aliphatic rings. The van der Waals surface area contributed by atoms with Crippen LogP contribution in [0, 0.1) is 0 Å². The largest absolute Gasteiger partial charge is 0.374 e. The number of carbonyl (C=O) groups excluding carboxylic acids is 1. The number of nitrogens with two attached hydrogens (primary N) is 1. The molecule has 0 unspecified atom stereocenters. The van der Waals surface area contributed by atoms with Crippen LogP contribution in [0.5, 0.6) is 0 Å². The fourth-order valence-electron chi connectivity index (χ4n) is 1.63. The van der Waals surface area contributed by atoms with Crippen molar-refractivity contribution in [1.29, 1.82) is 0 Å². The van der Waals surface area contributed by atoms with Crippen molar-refractivity contribution in [2.24, 2.45) is 5.73 Å². The Labute approximate surface area is 96.6 Å². The Balaban J connectivity index is 3.15. The molecule has 3 heteroatoms. The van der Waals surface area contributed by atoms with Gasteiger partial charge in [0, 0.05) is 19.1 Å². The summed E-state index contributed by atoms with van der Waals surface area (Å²) >= 11 is 0. The molecule has 16 heavy (non-hydrogen) atoms. The highest BCUT2D eigenvalue weighted by Crippen LogP contribution is 2.27. The molecule has 0 bridgehead atoms. The molecule has 0 aliphatic heterocycles. The number of Topliss-reactive ketones (excluding diaryl/α,β-unsaturated/α-hetero) is 1.